The van der Waals surface area contributed by atoms with E-state index in [1.54, 1.807) is 9.80 Å². The van der Waals surface area contributed by atoms with Gasteiger partial charge in [-0.05, 0) is 57.1 Å². The van der Waals surface area contributed by atoms with Crippen LogP contribution in [0.3, 0.4) is 0 Å². The number of aliphatic hydroxyl groups excluding tert-OH is 1. The van der Waals surface area contributed by atoms with Gasteiger partial charge in [0.05, 0.1) is 18.6 Å². The minimum Gasteiger partial charge on any atom is -0.465 e. The Morgan fingerprint density at radius 1 is 1.05 bits per heavy atom. The molecule has 1 aromatic carbocycles. The number of esters is 1. The van der Waals surface area contributed by atoms with E-state index >= 15 is 0 Å². The predicted octanol–water partition coefficient (Wildman–Crippen LogP) is 2.84. The van der Waals surface area contributed by atoms with Crippen LogP contribution in [-0.4, -0.2) is 71.8 Å². The van der Waals surface area contributed by atoms with Crippen molar-refractivity contribution in [2.75, 3.05) is 31.2 Å². The second kappa shape index (κ2) is 10.4. The van der Waals surface area contributed by atoms with Crippen LogP contribution in [0.5, 0.6) is 0 Å². The van der Waals surface area contributed by atoms with E-state index in [1.165, 1.54) is 0 Å². The zero-order valence-corrected chi connectivity index (χ0v) is 21.6. The van der Waals surface area contributed by atoms with Crippen molar-refractivity contribution in [3.63, 3.8) is 0 Å². The van der Waals surface area contributed by atoms with Gasteiger partial charge in [-0.2, -0.15) is 0 Å². The van der Waals surface area contributed by atoms with Crippen LogP contribution in [0.2, 0.25) is 0 Å². The number of para-hydroxylation sites is 1. The molecule has 4 aliphatic rings. The van der Waals surface area contributed by atoms with Crippen LogP contribution < -0.4 is 4.90 Å². The van der Waals surface area contributed by atoms with Crippen LogP contribution in [0.15, 0.2) is 42.5 Å². The molecule has 0 bridgehead atoms. The number of nitrogens with zero attached hydrogens (tertiary/aromatic N) is 2. The number of carbonyl (C=O) groups excluding carboxylic acids is 3. The molecule has 4 aliphatic heterocycles. The van der Waals surface area contributed by atoms with Crippen molar-refractivity contribution in [2.24, 2.45) is 11.8 Å². The third-order valence-electron chi connectivity index (χ3n) is 8.12. The van der Waals surface area contributed by atoms with Gasteiger partial charge in [0, 0.05) is 25.4 Å². The van der Waals surface area contributed by atoms with Crippen molar-refractivity contribution < 1.29 is 29.0 Å². The van der Waals surface area contributed by atoms with Gasteiger partial charge in [-0.25, -0.2) is 0 Å². The zero-order chi connectivity index (χ0) is 26.2. The molecule has 2 fully saturated rings. The van der Waals surface area contributed by atoms with E-state index in [9.17, 15) is 19.5 Å². The van der Waals surface area contributed by atoms with Crippen LogP contribution in [0.4, 0.5) is 5.69 Å². The number of carbonyl (C=O) groups is 3. The highest BCUT2D eigenvalue weighted by Crippen LogP contribution is 2.53. The van der Waals surface area contributed by atoms with E-state index in [0.29, 0.717) is 39.0 Å². The molecular formula is C29H36N2O6. The number of benzene rings is 1. The zero-order valence-electron chi connectivity index (χ0n) is 21.6. The lowest BCUT2D eigenvalue weighted by molar-refractivity contribution is -0.154. The normalized spacial score (nSPS) is 32.1. The number of rotatable bonds is 6. The number of likely N-dealkylation sites (tertiary alicyclic amines) is 1. The number of hydrogen-bond donors (Lipinski definition) is 1. The Morgan fingerprint density at radius 2 is 1.84 bits per heavy atom. The molecule has 5 rings (SSSR count). The summed E-state index contributed by atoms with van der Waals surface area (Å²) in [5.74, 6) is -2.54. The first-order valence-electron chi connectivity index (χ1n) is 13.4. The lowest BCUT2D eigenvalue weighted by Crippen LogP contribution is -2.55. The number of amides is 2. The maximum atomic E-state index is 14.4. The second-order valence-electron chi connectivity index (χ2n) is 10.5. The molecular weight excluding hydrogens is 472 g/mol. The molecule has 1 unspecified atom stereocenters. The van der Waals surface area contributed by atoms with Crippen LogP contribution >= 0.6 is 0 Å². The summed E-state index contributed by atoms with van der Waals surface area (Å²) in [5.41, 5.74) is 1.54. The number of cyclic esters (lactones) is 1. The number of aliphatic hydroxyl groups is 1. The van der Waals surface area contributed by atoms with Gasteiger partial charge in [0.25, 0.3) is 5.91 Å². The monoisotopic (exact) mass is 508 g/mol. The van der Waals surface area contributed by atoms with E-state index in [4.69, 9.17) is 9.47 Å². The molecule has 0 radical (unpaired) electrons. The number of anilines is 1. The highest BCUT2D eigenvalue weighted by Gasteiger charge is 2.71. The summed E-state index contributed by atoms with van der Waals surface area (Å²) < 4.78 is 12.2. The Labute approximate surface area is 217 Å². The Bertz CT molecular complexity index is 1110. The molecule has 1 N–H and O–H groups in total. The van der Waals surface area contributed by atoms with E-state index in [2.05, 4.69) is 0 Å². The van der Waals surface area contributed by atoms with E-state index in [1.807, 2.05) is 56.4 Å². The van der Waals surface area contributed by atoms with Gasteiger partial charge >= 0.3 is 5.97 Å². The Balaban J connectivity index is 1.59. The van der Waals surface area contributed by atoms with Crippen molar-refractivity contribution in [1.29, 1.82) is 0 Å². The SMILES string of the molecule is Cc1cccc(C)c1N1CC=C[C@]23O[C@@H]4/C=C\CCCOC(=O)[C@@H]4[C@H]2C(=O)N(CCCCCO)C3C1=O. The molecule has 0 saturated carbocycles. The summed E-state index contributed by atoms with van der Waals surface area (Å²) >= 11 is 0. The lowest BCUT2D eigenvalue weighted by atomic mass is 9.78. The van der Waals surface area contributed by atoms with Crippen LogP contribution in [0.25, 0.3) is 0 Å². The van der Waals surface area contributed by atoms with Gasteiger partial charge < -0.3 is 24.4 Å². The fourth-order valence-electron chi connectivity index (χ4n) is 6.50. The van der Waals surface area contributed by atoms with Crippen LogP contribution in [0.1, 0.15) is 43.2 Å². The first-order chi connectivity index (χ1) is 17.9. The largest absolute Gasteiger partial charge is 0.465 e. The summed E-state index contributed by atoms with van der Waals surface area (Å²) in [6.45, 7) is 5.04. The maximum Gasteiger partial charge on any atom is 0.312 e. The average molecular weight is 509 g/mol. The molecule has 2 saturated heterocycles. The van der Waals surface area contributed by atoms with Crippen molar-refractivity contribution in [3.05, 3.63) is 53.6 Å². The Morgan fingerprint density at radius 3 is 2.59 bits per heavy atom. The molecule has 0 aliphatic carbocycles. The summed E-state index contributed by atoms with van der Waals surface area (Å²) in [4.78, 5) is 45.2. The Hall–Kier alpha value is -2.97. The molecule has 1 aromatic rings. The molecule has 37 heavy (non-hydrogen) atoms. The second-order valence-corrected chi connectivity index (χ2v) is 10.5. The number of ether oxygens (including phenoxy) is 2. The summed E-state index contributed by atoms with van der Waals surface area (Å²) in [6.07, 6.45) is 10.4. The summed E-state index contributed by atoms with van der Waals surface area (Å²) in [5, 5.41) is 9.22. The molecule has 2 amide bonds. The standard InChI is InChI=1S/C29H36N2O6/c1-19-11-9-12-20(2)24(19)30-16-10-14-29-23(22-21(37-29)13-5-3-8-18-36-28(22)35)26(33)31(25(29)27(30)34)15-6-4-7-17-32/h5,9-14,21-23,25,32H,3-4,6-8,15-18H2,1-2H3/b13-5-/t21-,22+,23+,25?,29+/m1/s1. The van der Waals surface area contributed by atoms with Gasteiger partial charge in [-0.3, -0.25) is 14.4 Å². The number of unbranched alkanes of at least 4 members (excludes halogenated alkanes) is 2. The van der Waals surface area contributed by atoms with Crippen molar-refractivity contribution in [3.8, 4) is 0 Å². The maximum absolute atomic E-state index is 14.4. The topological polar surface area (TPSA) is 96.4 Å². The first kappa shape index (κ1) is 25.7. The van der Waals surface area contributed by atoms with Gasteiger partial charge in [0.2, 0.25) is 5.91 Å². The van der Waals surface area contributed by atoms with Crippen molar-refractivity contribution in [1.82, 2.24) is 4.90 Å². The first-order valence-corrected chi connectivity index (χ1v) is 13.4. The van der Waals surface area contributed by atoms with Gasteiger partial charge in [0.1, 0.15) is 17.6 Å². The molecule has 4 heterocycles. The van der Waals surface area contributed by atoms with Gasteiger partial charge in [-0.15, -0.1) is 0 Å². The number of fused-ring (bicyclic) bond motifs is 2. The minimum absolute atomic E-state index is 0.0803. The number of aryl methyl sites for hydroxylation is 2. The average Bonchev–Trinajstić information content (AvgIpc) is 3.28. The highest BCUT2D eigenvalue weighted by atomic mass is 16.6. The third kappa shape index (κ3) is 4.30. The molecule has 8 heteroatoms. The van der Waals surface area contributed by atoms with Gasteiger partial charge in [0.15, 0.2) is 0 Å². The Kier molecular flexibility index (Phi) is 7.23. The fourth-order valence-corrected chi connectivity index (χ4v) is 6.50. The summed E-state index contributed by atoms with van der Waals surface area (Å²) in [6, 6.07) is 5.03. The molecule has 8 nitrogen and oxygen atoms in total. The van der Waals surface area contributed by atoms with Crippen molar-refractivity contribution >= 4 is 23.5 Å². The van der Waals surface area contributed by atoms with Gasteiger partial charge in [-0.1, -0.05) is 42.5 Å². The fraction of sp³-hybridized carbons (Fsp3) is 0.552. The quantitative estimate of drug-likeness (QED) is 0.361. The molecule has 0 aromatic heterocycles. The lowest BCUT2D eigenvalue weighted by Gasteiger charge is -2.36. The molecule has 5 atom stereocenters. The van der Waals surface area contributed by atoms with Crippen LogP contribution in [0, 0.1) is 25.7 Å². The van der Waals surface area contributed by atoms with E-state index in [-0.39, 0.29) is 18.4 Å². The highest BCUT2D eigenvalue weighted by molar-refractivity contribution is 6.06. The molecule has 1 spiro atoms. The minimum atomic E-state index is -1.26. The summed E-state index contributed by atoms with van der Waals surface area (Å²) in [7, 11) is 0. The number of hydrogen-bond acceptors (Lipinski definition) is 6. The van der Waals surface area contributed by atoms with E-state index < -0.39 is 35.6 Å². The predicted molar refractivity (Wildman–Crippen MR) is 138 cm³/mol. The van der Waals surface area contributed by atoms with Crippen LogP contribution in [-0.2, 0) is 23.9 Å². The number of allylic oxidation sites excluding steroid dienone is 1. The van der Waals surface area contributed by atoms with E-state index in [0.717, 1.165) is 29.7 Å². The third-order valence-corrected chi connectivity index (χ3v) is 8.12. The van der Waals surface area contributed by atoms with Crippen molar-refractivity contribution in [2.45, 2.75) is 63.7 Å². The molecule has 198 valence electrons. The smallest absolute Gasteiger partial charge is 0.312 e.